The van der Waals surface area contributed by atoms with Gasteiger partial charge in [-0.1, -0.05) is 0 Å². The number of ether oxygens (including phenoxy) is 18. The molecule has 0 aromatic carbocycles. The summed E-state index contributed by atoms with van der Waals surface area (Å²) in [7, 11) is 7.97. The van der Waals surface area contributed by atoms with Crippen molar-refractivity contribution in [2.24, 2.45) is 0 Å². The molecule has 0 amide bonds. The standard InChI is InChI=1S/C47H82O22/c1-20-41(51)29(52-8)16-37(58-20)65-43-22(3)59-35(13-27(43)48)64-42-21(2)60-36(14-28(42)49)66-45-24(5)61-39(17-31(45)54-10)68-47-26(7)63-40(19-33(47)56-12)69-46-25(6)62-38(18-32(46)55-11)67-44-23(4)57-34(50)15-30(44)53-9/h20-51H,13-19H2,1-12H3/t20-,21-,22-,23+,24+,25+,26+,27+,28+,29-,30-,31-,32-,33-,34+,35+,36+,37+,38+,39-,40+,41-,42-,43-,44+,45+,46+,47+/m1/s1. The highest BCUT2D eigenvalue weighted by Gasteiger charge is 2.50. The van der Waals surface area contributed by atoms with E-state index in [1.165, 1.54) is 7.11 Å². The van der Waals surface area contributed by atoms with Crippen molar-refractivity contribution in [2.75, 3.05) is 35.5 Å². The molecule has 0 spiro atoms. The maximum atomic E-state index is 11.4. The van der Waals surface area contributed by atoms with Gasteiger partial charge in [0.25, 0.3) is 0 Å². The summed E-state index contributed by atoms with van der Waals surface area (Å²) in [6.07, 6.45) is -15.1. The number of hydrogen-bond donors (Lipinski definition) is 4. The van der Waals surface area contributed by atoms with Gasteiger partial charge in [0.15, 0.2) is 44.0 Å². The van der Waals surface area contributed by atoms with Gasteiger partial charge >= 0.3 is 0 Å². The normalized spacial score (nSPS) is 51.3. The zero-order valence-corrected chi connectivity index (χ0v) is 42.3. The van der Waals surface area contributed by atoms with Crippen molar-refractivity contribution in [3.8, 4) is 0 Å². The van der Waals surface area contributed by atoms with Gasteiger partial charge < -0.3 is 106 Å². The van der Waals surface area contributed by atoms with E-state index in [1.807, 2.05) is 27.7 Å². The highest BCUT2D eigenvalue weighted by molar-refractivity contribution is 4.93. The molecule has 7 heterocycles. The maximum Gasteiger partial charge on any atom is 0.161 e. The topological polar surface area (TPSA) is 247 Å². The summed E-state index contributed by atoms with van der Waals surface area (Å²) in [5.74, 6) is 0. The average molecular weight is 999 g/mol. The first-order valence-corrected chi connectivity index (χ1v) is 24.8. The minimum Gasteiger partial charge on any atom is -0.390 e. The number of methoxy groups -OCH3 is 5. The van der Waals surface area contributed by atoms with Crippen molar-refractivity contribution < 1.29 is 106 Å². The Morgan fingerprint density at radius 2 is 0.536 bits per heavy atom. The third-order valence-corrected chi connectivity index (χ3v) is 14.8. The van der Waals surface area contributed by atoms with Gasteiger partial charge in [-0.05, 0) is 48.5 Å². The van der Waals surface area contributed by atoms with E-state index < -0.39 is 160 Å². The number of aliphatic hydroxyl groups is 4. The second-order valence-electron chi connectivity index (χ2n) is 19.7. The molecule has 7 saturated heterocycles. The first-order chi connectivity index (χ1) is 32.9. The predicted octanol–water partition coefficient (Wildman–Crippen LogP) is 1.39. The molecule has 0 saturated carbocycles. The smallest absolute Gasteiger partial charge is 0.161 e. The van der Waals surface area contributed by atoms with Crippen molar-refractivity contribution in [3.05, 3.63) is 0 Å². The number of aliphatic hydroxyl groups excluding tert-OH is 4. The van der Waals surface area contributed by atoms with Gasteiger partial charge in [0.1, 0.15) is 42.7 Å². The molecule has 0 aromatic rings. The molecule has 4 N–H and O–H groups in total. The molecule has 0 unspecified atom stereocenters. The Balaban J connectivity index is 0.861. The molecule has 7 fully saturated rings. The van der Waals surface area contributed by atoms with E-state index in [4.69, 9.17) is 85.3 Å². The zero-order valence-electron chi connectivity index (χ0n) is 42.3. The Labute approximate surface area is 406 Å². The second-order valence-corrected chi connectivity index (χ2v) is 19.7. The molecule has 7 aliphatic rings. The van der Waals surface area contributed by atoms with Crippen LogP contribution in [0.4, 0.5) is 0 Å². The molecule has 0 radical (unpaired) electrons. The van der Waals surface area contributed by atoms with E-state index in [0.717, 1.165) is 0 Å². The summed E-state index contributed by atoms with van der Waals surface area (Å²) < 4.78 is 110. The van der Waals surface area contributed by atoms with Crippen LogP contribution in [0.3, 0.4) is 0 Å². The molecular formula is C47H82O22. The highest BCUT2D eigenvalue weighted by atomic mass is 16.8. The van der Waals surface area contributed by atoms with Gasteiger partial charge in [0.05, 0.1) is 85.5 Å². The molecule has 0 aromatic heterocycles. The van der Waals surface area contributed by atoms with Crippen LogP contribution in [0.1, 0.15) is 93.4 Å². The fraction of sp³-hybridized carbons (Fsp3) is 1.00. The van der Waals surface area contributed by atoms with Crippen molar-refractivity contribution in [1.82, 2.24) is 0 Å². The SMILES string of the molecule is CO[C@@H]1C[C@H](O[C@H]2[C@@H](O)C[C@H](O[C@H]3[C@@H](O)C[C@H](O[C@H]4[C@H](C)O[C@H](O[C@H]5[C@H](C)O[C@@H](O[C@H]6[C@H](C)O[C@@H](O[C@H]7[C@H](C)O[C@H](O)C[C@H]7OC)C[C@H]6OC)C[C@H]5OC)C[C@H]4OC)O[C@@H]3C)O[C@@H]2C)O[C@H](C)[C@H]1O. The van der Waals surface area contributed by atoms with Gasteiger partial charge in [-0.25, -0.2) is 0 Å². The van der Waals surface area contributed by atoms with Crippen LogP contribution in [-0.2, 0) is 85.3 Å². The fourth-order valence-corrected chi connectivity index (χ4v) is 11.0. The third kappa shape index (κ3) is 13.5. The Morgan fingerprint density at radius 1 is 0.290 bits per heavy atom. The van der Waals surface area contributed by atoms with Crippen LogP contribution in [0.25, 0.3) is 0 Å². The van der Waals surface area contributed by atoms with E-state index in [2.05, 4.69) is 0 Å². The Kier molecular flexibility index (Phi) is 20.3. The lowest BCUT2D eigenvalue weighted by Crippen LogP contribution is -2.58. The monoisotopic (exact) mass is 999 g/mol. The van der Waals surface area contributed by atoms with Gasteiger partial charge in [-0.2, -0.15) is 0 Å². The molecule has 69 heavy (non-hydrogen) atoms. The zero-order chi connectivity index (χ0) is 49.8. The molecule has 402 valence electrons. The van der Waals surface area contributed by atoms with Crippen LogP contribution >= 0.6 is 0 Å². The lowest BCUT2D eigenvalue weighted by molar-refractivity contribution is -0.355. The van der Waals surface area contributed by atoms with Crippen molar-refractivity contribution in [2.45, 2.75) is 266 Å². The highest BCUT2D eigenvalue weighted by Crippen LogP contribution is 2.38. The second kappa shape index (κ2) is 25.1. The van der Waals surface area contributed by atoms with Crippen LogP contribution in [0, 0.1) is 0 Å². The van der Waals surface area contributed by atoms with Crippen molar-refractivity contribution in [1.29, 1.82) is 0 Å². The van der Waals surface area contributed by atoms with Gasteiger partial charge in [0.2, 0.25) is 0 Å². The number of hydrogen-bond acceptors (Lipinski definition) is 22. The average Bonchev–Trinajstić information content (AvgIpc) is 3.30. The van der Waals surface area contributed by atoms with E-state index in [1.54, 1.807) is 49.2 Å². The summed E-state index contributed by atoms with van der Waals surface area (Å²) >= 11 is 0. The largest absolute Gasteiger partial charge is 0.390 e. The van der Waals surface area contributed by atoms with Gasteiger partial charge in [-0.15, -0.1) is 0 Å². The molecule has 22 heteroatoms. The molecular weight excluding hydrogens is 916 g/mol. The van der Waals surface area contributed by atoms with Crippen LogP contribution in [0.5, 0.6) is 0 Å². The molecule has 28 atom stereocenters. The first-order valence-electron chi connectivity index (χ1n) is 24.8. The van der Waals surface area contributed by atoms with Crippen molar-refractivity contribution >= 4 is 0 Å². The molecule has 7 aliphatic heterocycles. The number of rotatable bonds is 17. The van der Waals surface area contributed by atoms with E-state index in [0.29, 0.717) is 25.7 Å². The Hall–Kier alpha value is -0.880. The van der Waals surface area contributed by atoms with Crippen LogP contribution in [-0.4, -0.2) is 228 Å². The van der Waals surface area contributed by atoms with Gasteiger partial charge in [0, 0.05) is 80.5 Å². The predicted molar refractivity (Wildman–Crippen MR) is 236 cm³/mol. The lowest BCUT2D eigenvalue weighted by atomic mass is 9.98. The van der Waals surface area contributed by atoms with E-state index in [-0.39, 0.29) is 31.5 Å². The fourth-order valence-electron chi connectivity index (χ4n) is 11.0. The molecule has 22 nitrogen and oxygen atoms in total. The molecule has 0 bridgehead atoms. The third-order valence-electron chi connectivity index (χ3n) is 14.8. The summed E-state index contributed by atoms with van der Waals surface area (Å²) in [6.45, 7) is 12.8. The Morgan fingerprint density at radius 3 is 0.855 bits per heavy atom. The van der Waals surface area contributed by atoms with E-state index >= 15 is 0 Å². The maximum absolute atomic E-state index is 11.4. The molecule has 0 aliphatic carbocycles. The summed E-state index contributed by atoms with van der Waals surface area (Å²) in [4.78, 5) is 0. The molecule has 7 rings (SSSR count). The summed E-state index contributed by atoms with van der Waals surface area (Å²) in [5, 5.41) is 42.9. The van der Waals surface area contributed by atoms with Crippen molar-refractivity contribution in [3.63, 3.8) is 0 Å². The first kappa shape index (κ1) is 55.9. The van der Waals surface area contributed by atoms with Crippen LogP contribution in [0.15, 0.2) is 0 Å². The minimum atomic E-state index is -0.978. The van der Waals surface area contributed by atoms with Crippen LogP contribution < -0.4 is 0 Å². The quantitative estimate of drug-likeness (QED) is 0.161. The van der Waals surface area contributed by atoms with E-state index in [9.17, 15) is 20.4 Å². The summed E-state index contributed by atoms with van der Waals surface area (Å²) in [6, 6.07) is 0. The van der Waals surface area contributed by atoms with Gasteiger partial charge in [-0.3, -0.25) is 0 Å². The minimum absolute atomic E-state index is 0.0901. The Bertz CT molecular complexity index is 1510. The van der Waals surface area contributed by atoms with Crippen LogP contribution in [0.2, 0.25) is 0 Å². The summed E-state index contributed by atoms with van der Waals surface area (Å²) in [5.41, 5.74) is 0. The lowest BCUT2D eigenvalue weighted by Gasteiger charge is -2.47.